The van der Waals surface area contributed by atoms with E-state index < -0.39 is 0 Å². The van der Waals surface area contributed by atoms with Crippen LogP contribution < -0.4 is 4.90 Å². The molecule has 0 aliphatic heterocycles. The standard InChI is InChI=1S/C43H28N2O/c1-4-11-29(12-5-1)31-19-23-34(24-20-31)45(35-25-21-32(22-26-35)30-13-6-2-7-14-30)39-28-27-37-40-36(39)17-10-18-38(40)42-41(37)44-43(46-42)33-15-8-3-9-16-33/h1-28H. The third-order valence-electron chi connectivity index (χ3n) is 8.87. The van der Waals surface area contributed by atoms with Gasteiger partial charge >= 0.3 is 0 Å². The number of rotatable bonds is 6. The Labute approximate surface area is 267 Å². The molecule has 46 heavy (non-hydrogen) atoms. The SMILES string of the molecule is c1ccc(-c2ccc(N(c3ccc(-c4ccccc4)cc3)c3ccc4c5c(cccc35)-c3oc(-c5ccccc5)nc3-4)cc2)cc1. The van der Waals surface area contributed by atoms with Crippen LogP contribution in [0.5, 0.6) is 0 Å². The molecule has 0 fully saturated rings. The van der Waals surface area contributed by atoms with Gasteiger partial charge in [-0.2, -0.15) is 0 Å². The molecule has 216 valence electrons. The summed E-state index contributed by atoms with van der Waals surface area (Å²) in [5.74, 6) is 1.48. The minimum Gasteiger partial charge on any atom is -0.435 e. The lowest BCUT2D eigenvalue weighted by Crippen LogP contribution is -2.10. The molecule has 0 spiro atoms. The Morgan fingerprint density at radius 2 is 0.935 bits per heavy atom. The second-order valence-electron chi connectivity index (χ2n) is 11.6. The summed E-state index contributed by atoms with van der Waals surface area (Å²) in [6.07, 6.45) is 0. The van der Waals surface area contributed by atoms with E-state index in [1.807, 2.05) is 30.3 Å². The molecular weight excluding hydrogens is 560 g/mol. The van der Waals surface area contributed by atoms with Crippen LogP contribution in [0, 0.1) is 0 Å². The second-order valence-corrected chi connectivity index (χ2v) is 11.6. The molecule has 0 radical (unpaired) electrons. The molecule has 3 heteroatoms. The van der Waals surface area contributed by atoms with E-state index in [-0.39, 0.29) is 0 Å². The van der Waals surface area contributed by atoms with Gasteiger partial charge in [-0.15, -0.1) is 0 Å². The van der Waals surface area contributed by atoms with Crippen molar-refractivity contribution in [1.82, 2.24) is 4.98 Å². The van der Waals surface area contributed by atoms with Crippen LogP contribution in [0.2, 0.25) is 0 Å². The van der Waals surface area contributed by atoms with Crippen LogP contribution in [-0.2, 0) is 0 Å². The first-order valence-electron chi connectivity index (χ1n) is 15.6. The highest BCUT2D eigenvalue weighted by Gasteiger charge is 2.30. The molecule has 1 aliphatic rings. The van der Waals surface area contributed by atoms with E-state index in [2.05, 4.69) is 144 Å². The lowest BCUT2D eigenvalue weighted by atomic mass is 10.00. The lowest BCUT2D eigenvalue weighted by Gasteiger charge is -2.27. The molecule has 7 aromatic carbocycles. The highest BCUT2D eigenvalue weighted by molar-refractivity contribution is 6.17. The van der Waals surface area contributed by atoms with Crippen molar-refractivity contribution in [2.24, 2.45) is 0 Å². The summed E-state index contributed by atoms with van der Waals surface area (Å²) in [7, 11) is 0. The Kier molecular flexibility index (Phi) is 6.14. The van der Waals surface area contributed by atoms with E-state index in [1.54, 1.807) is 0 Å². The number of anilines is 3. The fourth-order valence-electron chi connectivity index (χ4n) is 6.66. The smallest absolute Gasteiger partial charge is 0.227 e. The molecule has 0 saturated heterocycles. The van der Waals surface area contributed by atoms with Gasteiger partial charge in [0, 0.05) is 38.8 Å². The van der Waals surface area contributed by atoms with Gasteiger partial charge in [-0.1, -0.05) is 121 Å². The van der Waals surface area contributed by atoms with Gasteiger partial charge in [-0.25, -0.2) is 4.98 Å². The van der Waals surface area contributed by atoms with Gasteiger partial charge in [-0.05, 0) is 70.8 Å². The van der Waals surface area contributed by atoms with Crippen LogP contribution in [0.3, 0.4) is 0 Å². The summed E-state index contributed by atoms with van der Waals surface area (Å²) in [6, 6.07) is 59.8. The zero-order chi connectivity index (χ0) is 30.5. The van der Waals surface area contributed by atoms with Crippen molar-refractivity contribution in [3.05, 3.63) is 170 Å². The first-order valence-corrected chi connectivity index (χ1v) is 15.6. The van der Waals surface area contributed by atoms with E-state index in [9.17, 15) is 0 Å². The minimum absolute atomic E-state index is 0.649. The van der Waals surface area contributed by atoms with E-state index in [4.69, 9.17) is 9.40 Å². The van der Waals surface area contributed by atoms with Gasteiger partial charge in [0.25, 0.3) is 0 Å². The Morgan fingerprint density at radius 1 is 0.413 bits per heavy atom. The molecule has 1 heterocycles. The third kappa shape index (κ3) is 4.33. The van der Waals surface area contributed by atoms with Crippen LogP contribution in [0.1, 0.15) is 0 Å². The summed E-state index contributed by atoms with van der Waals surface area (Å²) < 4.78 is 6.44. The number of hydrogen-bond donors (Lipinski definition) is 0. The van der Waals surface area contributed by atoms with Crippen molar-refractivity contribution in [2.75, 3.05) is 4.90 Å². The van der Waals surface area contributed by atoms with Gasteiger partial charge in [-0.3, -0.25) is 0 Å². The summed E-state index contributed by atoms with van der Waals surface area (Å²) in [5, 5.41) is 2.33. The van der Waals surface area contributed by atoms with E-state index in [1.165, 1.54) is 27.6 Å². The van der Waals surface area contributed by atoms with Crippen molar-refractivity contribution in [3.63, 3.8) is 0 Å². The maximum absolute atomic E-state index is 6.44. The Hall–Kier alpha value is -6.19. The van der Waals surface area contributed by atoms with Gasteiger partial charge in [0.1, 0.15) is 5.69 Å². The lowest BCUT2D eigenvalue weighted by molar-refractivity contribution is 0.590. The molecule has 0 atom stereocenters. The highest BCUT2D eigenvalue weighted by Crippen LogP contribution is 2.52. The minimum atomic E-state index is 0.649. The fraction of sp³-hybridized carbons (Fsp3) is 0. The molecule has 1 aromatic heterocycles. The quantitative estimate of drug-likeness (QED) is 0.193. The number of benzene rings is 7. The van der Waals surface area contributed by atoms with E-state index in [0.717, 1.165) is 50.6 Å². The number of hydrogen-bond acceptors (Lipinski definition) is 3. The number of nitrogens with zero attached hydrogens (tertiary/aromatic N) is 2. The van der Waals surface area contributed by atoms with Crippen molar-refractivity contribution in [3.8, 4) is 56.3 Å². The van der Waals surface area contributed by atoms with Crippen LogP contribution in [0.25, 0.3) is 67.1 Å². The number of aromatic nitrogens is 1. The summed E-state index contributed by atoms with van der Waals surface area (Å²) in [6.45, 7) is 0. The van der Waals surface area contributed by atoms with Gasteiger partial charge < -0.3 is 9.32 Å². The molecule has 0 unspecified atom stereocenters. The topological polar surface area (TPSA) is 29.3 Å². The molecule has 8 aromatic rings. The van der Waals surface area contributed by atoms with Crippen molar-refractivity contribution < 1.29 is 4.42 Å². The highest BCUT2D eigenvalue weighted by atomic mass is 16.4. The first-order chi connectivity index (χ1) is 22.8. The van der Waals surface area contributed by atoms with Crippen LogP contribution >= 0.6 is 0 Å². The normalized spacial score (nSPS) is 11.5. The first kappa shape index (κ1) is 26.2. The Bertz CT molecular complexity index is 2210. The Balaban J connectivity index is 1.19. The second kappa shape index (κ2) is 10.8. The summed E-state index contributed by atoms with van der Waals surface area (Å²) in [4.78, 5) is 7.34. The molecule has 0 saturated carbocycles. The molecular formula is C43H28N2O. The maximum Gasteiger partial charge on any atom is 0.227 e. The van der Waals surface area contributed by atoms with Gasteiger partial charge in [0.2, 0.25) is 5.89 Å². The largest absolute Gasteiger partial charge is 0.435 e. The Morgan fingerprint density at radius 3 is 1.50 bits per heavy atom. The third-order valence-corrected chi connectivity index (χ3v) is 8.87. The van der Waals surface area contributed by atoms with Gasteiger partial charge in [0.05, 0.1) is 5.69 Å². The summed E-state index contributed by atoms with van der Waals surface area (Å²) in [5.41, 5.74) is 12.1. The average molecular weight is 589 g/mol. The van der Waals surface area contributed by atoms with Crippen LogP contribution in [-0.4, -0.2) is 4.98 Å². The molecule has 3 nitrogen and oxygen atoms in total. The molecule has 0 amide bonds. The van der Waals surface area contributed by atoms with Crippen LogP contribution in [0.15, 0.2) is 174 Å². The van der Waals surface area contributed by atoms with Crippen molar-refractivity contribution in [1.29, 1.82) is 0 Å². The van der Waals surface area contributed by atoms with Crippen molar-refractivity contribution in [2.45, 2.75) is 0 Å². The summed E-state index contributed by atoms with van der Waals surface area (Å²) >= 11 is 0. The predicted molar refractivity (Wildman–Crippen MR) is 189 cm³/mol. The zero-order valence-electron chi connectivity index (χ0n) is 25.0. The average Bonchev–Trinajstić information content (AvgIpc) is 3.70. The fourth-order valence-corrected chi connectivity index (χ4v) is 6.66. The molecule has 0 bridgehead atoms. The number of fused-ring (bicyclic) bond motifs is 3. The maximum atomic E-state index is 6.44. The zero-order valence-corrected chi connectivity index (χ0v) is 25.0. The molecule has 9 rings (SSSR count). The molecule has 0 N–H and O–H groups in total. The predicted octanol–water partition coefficient (Wildman–Crippen LogP) is 11.9. The molecule has 1 aliphatic carbocycles. The van der Waals surface area contributed by atoms with Crippen molar-refractivity contribution >= 4 is 27.8 Å². The van der Waals surface area contributed by atoms with Gasteiger partial charge in [0.15, 0.2) is 5.76 Å². The monoisotopic (exact) mass is 588 g/mol. The van der Waals surface area contributed by atoms with E-state index in [0.29, 0.717) is 5.89 Å². The van der Waals surface area contributed by atoms with Crippen LogP contribution in [0.4, 0.5) is 17.1 Å². The number of oxazole rings is 1. The van der Waals surface area contributed by atoms with E-state index >= 15 is 0 Å².